The number of aliphatic hydroxyl groups excluding tert-OH is 1. The molecular formula is C72H134N2O6P+. The quantitative estimate of drug-likeness (QED) is 0.0243. The number of aliphatic hydroxyl groups is 1. The molecule has 8 nitrogen and oxygen atoms in total. The number of hydrogen-bond acceptors (Lipinski definition) is 5. The summed E-state index contributed by atoms with van der Waals surface area (Å²) in [4.78, 5) is 23.5. The first-order valence-electron chi connectivity index (χ1n) is 34.5. The minimum atomic E-state index is -4.34. The van der Waals surface area contributed by atoms with Crippen molar-refractivity contribution in [2.24, 2.45) is 0 Å². The van der Waals surface area contributed by atoms with Gasteiger partial charge in [0.25, 0.3) is 0 Å². The van der Waals surface area contributed by atoms with Crippen molar-refractivity contribution in [2.75, 3.05) is 40.9 Å². The Bertz CT molecular complexity index is 1600. The molecule has 0 aliphatic rings. The van der Waals surface area contributed by atoms with E-state index in [9.17, 15) is 19.4 Å². The van der Waals surface area contributed by atoms with Crippen molar-refractivity contribution in [3.8, 4) is 0 Å². The molecule has 0 aliphatic heterocycles. The van der Waals surface area contributed by atoms with Gasteiger partial charge in [0, 0.05) is 6.42 Å². The second kappa shape index (κ2) is 62.2. The molecule has 3 N–H and O–H groups in total. The van der Waals surface area contributed by atoms with Crippen LogP contribution in [0.25, 0.3) is 0 Å². The summed E-state index contributed by atoms with van der Waals surface area (Å²) in [5.74, 6) is -0.147. The fourth-order valence-corrected chi connectivity index (χ4v) is 10.8. The Morgan fingerprint density at radius 1 is 0.432 bits per heavy atom. The van der Waals surface area contributed by atoms with Gasteiger partial charge in [0.15, 0.2) is 0 Å². The summed E-state index contributed by atoms with van der Waals surface area (Å²) in [6.45, 7) is 4.81. The first kappa shape index (κ1) is 78.7. The number of hydrogen-bond donors (Lipinski definition) is 3. The Morgan fingerprint density at radius 2 is 0.741 bits per heavy atom. The first-order valence-corrected chi connectivity index (χ1v) is 35.9. The maximum Gasteiger partial charge on any atom is 0.472 e. The number of allylic oxidation sites excluding steroid dienone is 14. The number of unbranched alkanes of at least 4 members (excludes halogenated alkanes) is 36. The van der Waals surface area contributed by atoms with Crippen molar-refractivity contribution in [1.82, 2.24) is 5.32 Å². The van der Waals surface area contributed by atoms with E-state index in [1.54, 1.807) is 0 Å². The van der Waals surface area contributed by atoms with Gasteiger partial charge in [-0.25, -0.2) is 4.57 Å². The molecule has 0 aromatic carbocycles. The monoisotopic (exact) mass is 1150 g/mol. The Labute approximate surface area is 503 Å². The lowest BCUT2D eigenvalue weighted by atomic mass is 10.0. The van der Waals surface area contributed by atoms with Crippen LogP contribution in [0.4, 0.5) is 0 Å². The standard InChI is InChI=1S/C72H133N2O6P/c1-6-8-10-12-14-16-18-20-22-24-26-28-30-32-34-35-36-37-38-39-40-42-44-46-48-50-52-54-56-58-60-62-64-66-72(76)73-70(69-80-81(77,78)79-68-67-74(3,4)5)71(75)65-63-61-59-57-55-53-51-49-47-45-43-41-33-31-29-27-25-23-21-19-17-15-13-11-9-7-2/h8,10,14,16,20,22,26,28,32,34,36-37,39-40,70-71,75H,6-7,9,11-13,15,17-19,21,23-25,27,29-31,33,35,38,41-69H2,1-5H3,(H-,73,76,77,78)/p+1/b10-8-,16-14-,22-20-,28-26-,34-32-,37-36-,40-39-. The van der Waals surface area contributed by atoms with Gasteiger partial charge in [-0.05, 0) is 70.6 Å². The largest absolute Gasteiger partial charge is 0.472 e. The van der Waals surface area contributed by atoms with Crippen LogP contribution in [0, 0.1) is 0 Å². The molecule has 0 aromatic heterocycles. The predicted octanol–water partition coefficient (Wildman–Crippen LogP) is 21.9. The molecule has 9 heteroatoms. The topological polar surface area (TPSA) is 105 Å². The molecule has 0 aromatic rings. The molecule has 0 saturated carbocycles. The molecular weight excluding hydrogens is 1020 g/mol. The van der Waals surface area contributed by atoms with Crippen LogP contribution in [-0.4, -0.2) is 73.4 Å². The van der Waals surface area contributed by atoms with Crippen LogP contribution < -0.4 is 5.32 Å². The Morgan fingerprint density at radius 3 is 1.09 bits per heavy atom. The number of nitrogens with one attached hydrogen (secondary N) is 1. The third kappa shape index (κ3) is 65.1. The maximum absolute atomic E-state index is 13.1. The van der Waals surface area contributed by atoms with E-state index in [0.29, 0.717) is 23.9 Å². The Balaban J connectivity index is 4.08. The number of amides is 1. The average Bonchev–Trinajstić information content (AvgIpc) is 3.43. The van der Waals surface area contributed by atoms with Gasteiger partial charge >= 0.3 is 7.82 Å². The average molecular weight is 1150 g/mol. The summed E-state index contributed by atoms with van der Waals surface area (Å²) < 4.78 is 23.9. The number of quaternary nitrogens is 1. The summed E-state index contributed by atoms with van der Waals surface area (Å²) in [6, 6.07) is -0.769. The van der Waals surface area contributed by atoms with Crippen molar-refractivity contribution in [2.45, 2.75) is 328 Å². The van der Waals surface area contributed by atoms with Crippen LogP contribution in [0.3, 0.4) is 0 Å². The molecule has 0 heterocycles. The normalized spacial score (nSPS) is 14.2. The van der Waals surface area contributed by atoms with Gasteiger partial charge in [-0.1, -0.05) is 324 Å². The molecule has 0 radical (unpaired) electrons. The van der Waals surface area contributed by atoms with Gasteiger partial charge in [0.2, 0.25) is 5.91 Å². The molecule has 0 fully saturated rings. The lowest BCUT2D eigenvalue weighted by Crippen LogP contribution is -2.46. The molecule has 0 saturated heterocycles. The van der Waals surface area contributed by atoms with Crippen molar-refractivity contribution >= 4 is 13.7 Å². The Kier molecular flexibility index (Phi) is 60.4. The highest BCUT2D eigenvalue weighted by Crippen LogP contribution is 2.43. The SMILES string of the molecule is CC/C=C\C/C=C\C/C=C\C/C=C\C/C=C\C/C=C\C/C=C\CCCCCCCCCCCCCC(=O)NC(COP(=O)(O)OCC[N+](C)(C)C)C(O)CCCCCCCCCCCCCCCCCCCCCCCCCCCC. The fraction of sp³-hybridized carbons (Fsp3) is 0.792. The highest BCUT2D eigenvalue weighted by molar-refractivity contribution is 7.47. The van der Waals surface area contributed by atoms with E-state index in [1.807, 2.05) is 21.1 Å². The van der Waals surface area contributed by atoms with Crippen LogP contribution >= 0.6 is 7.82 Å². The number of nitrogens with zero attached hydrogens (tertiary/aromatic N) is 1. The number of rotatable bonds is 63. The second-order valence-electron chi connectivity index (χ2n) is 24.5. The zero-order valence-electron chi connectivity index (χ0n) is 54.0. The minimum absolute atomic E-state index is 0.0716. The molecule has 472 valence electrons. The molecule has 0 rings (SSSR count). The highest BCUT2D eigenvalue weighted by atomic mass is 31.2. The van der Waals surface area contributed by atoms with E-state index in [0.717, 1.165) is 83.5 Å². The summed E-state index contributed by atoms with van der Waals surface area (Å²) in [7, 11) is 1.62. The Hall–Kier alpha value is -2.32. The van der Waals surface area contributed by atoms with Crippen molar-refractivity contribution in [3.63, 3.8) is 0 Å². The van der Waals surface area contributed by atoms with Crippen LogP contribution in [0.15, 0.2) is 85.1 Å². The van der Waals surface area contributed by atoms with E-state index in [-0.39, 0.29) is 19.1 Å². The van der Waals surface area contributed by atoms with Gasteiger partial charge in [0.05, 0.1) is 39.9 Å². The third-order valence-electron chi connectivity index (χ3n) is 15.4. The lowest BCUT2D eigenvalue weighted by Gasteiger charge is -2.26. The number of phosphoric ester groups is 1. The summed E-state index contributed by atoms with van der Waals surface area (Å²) in [5.41, 5.74) is 0. The van der Waals surface area contributed by atoms with E-state index in [2.05, 4.69) is 104 Å². The smallest absolute Gasteiger partial charge is 0.391 e. The molecule has 0 aliphatic carbocycles. The predicted molar refractivity (Wildman–Crippen MR) is 355 cm³/mol. The minimum Gasteiger partial charge on any atom is -0.391 e. The maximum atomic E-state index is 13.1. The van der Waals surface area contributed by atoms with E-state index < -0.39 is 20.0 Å². The van der Waals surface area contributed by atoms with Crippen LogP contribution in [0.5, 0.6) is 0 Å². The van der Waals surface area contributed by atoms with Crippen molar-refractivity contribution in [3.05, 3.63) is 85.1 Å². The third-order valence-corrected chi connectivity index (χ3v) is 16.4. The number of likely N-dealkylation sites (N-methyl/N-ethyl adjacent to an activating group) is 1. The zero-order chi connectivity index (χ0) is 59.1. The van der Waals surface area contributed by atoms with Crippen LogP contribution in [0.2, 0.25) is 0 Å². The number of carbonyl (C=O) groups excluding carboxylic acids is 1. The van der Waals surface area contributed by atoms with Gasteiger partial charge in [0.1, 0.15) is 13.2 Å². The molecule has 81 heavy (non-hydrogen) atoms. The van der Waals surface area contributed by atoms with Gasteiger partial charge in [-0.2, -0.15) is 0 Å². The van der Waals surface area contributed by atoms with E-state index >= 15 is 0 Å². The zero-order valence-corrected chi connectivity index (χ0v) is 54.9. The first-order chi connectivity index (χ1) is 39.5. The molecule has 3 unspecified atom stereocenters. The molecule has 0 bridgehead atoms. The molecule has 1 amide bonds. The lowest BCUT2D eigenvalue weighted by molar-refractivity contribution is -0.870. The van der Waals surface area contributed by atoms with Crippen LogP contribution in [0.1, 0.15) is 316 Å². The van der Waals surface area contributed by atoms with E-state index in [4.69, 9.17) is 9.05 Å². The molecule has 3 atom stereocenters. The van der Waals surface area contributed by atoms with Crippen molar-refractivity contribution < 1.29 is 32.9 Å². The van der Waals surface area contributed by atoms with Crippen LogP contribution in [-0.2, 0) is 18.4 Å². The second-order valence-corrected chi connectivity index (χ2v) is 26.0. The van der Waals surface area contributed by atoms with Crippen molar-refractivity contribution in [1.29, 1.82) is 0 Å². The number of carbonyl (C=O) groups is 1. The summed E-state index contributed by atoms with van der Waals surface area (Å²) in [5, 5.41) is 14.1. The molecule has 0 spiro atoms. The van der Waals surface area contributed by atoms with Gasteiger partial charge in [-0.3, -0.25) is 13.8 Å². The summed E-state index contributed by atoms with van der Waals surface area (Å²) in [6.07, 6.45) is 88.1. The summed E-state index contributed by atoms with van der Waals surface area (Å²) >= 11 is 0. The van der Waals surface area contributed by atoms with E-state index in [1.165, 1.54) is 205 Å². The van der Waals surface area contributed by atoms with Gasteiger partial charge in [-0.15, -0.1) is 0 Å². The number of phosphoric acid groups is 1. The van der Waals surface area contributed by atoms with Gasteiger partial charge < -0.3 is 19.8 Å². The fourth-order valence-electron chi connectivity index (χ4n) is 10.1. The highest BCUT2D eigenvalue weighted by Gasteiger charge is 2.28.